The second-order valence-corrected chi connectivity index (χ2v) is 5.03. The predicted octanol–water partition coefficient (Wildman–Crippen LogP) is 1.51. The number of aryl methyl sites for hydroxylation is 2. The van der Waals surface area contributed by atoms with E-state index in [1.165, 1.54) is 0 Å². The normalized spacial score (nSPS) is 12.8. The minimum Gasteiger partial charge on any atom is -0.383 e. The number of rotatable bonds is 6. The highest BCUT2D eigenvalue weighted by molar-refractivity contribution is 7.09. The zero-order valence-corrected chi connectivity index (χ0v) is 11.7. The lowest BCUT2D eigenvalue weighted by atomic mass is 10.2. The predicted molar refractivity (Wildman–Crippen MR) is 71.8 cm³/mol. The summed E-state index contributed by atoms with van der Waals surface area (Å²) in [6, 6.07) is 0.0753. The first-order valence-electron chi connectivity index (χ1n) is 5.83. The summed E-state index contributed by atoms with van der Waals surface area (Å²) in [5.41, 5.74) is 2.16. The van der Waals surface area contributed by atoms with Gasteiger partial charge in [-0.15, -0.1) is 11.3 Å². The molecule has 0 aliphatic heterocycles. The van der Waals surface area contributed by atoms with Crippen LogP contribution in [0.5, 0.6) is 0 Å². The molecule has 0 aliphatic rings. The summed E-state index contributed by atoms with van der Waals surface area (Å²) < 4.78 is 7.09. The van der Waals surface area contributed by atoms with Crippen LogP contribution < -0.4 is 5.32 Å². The van der Waals surface area contributed by atoms with Crippen molar-refractivity contribution in [2.75, 3.05) is 20.3 Å². The minimum atomic E-state index is 0.0753. The molecule has 0 spiro atoms. The number of thiazole rings is 1. The molecule has 0 amide bonds. The van der Waals surface area contributed by atoms with Gasteiger partial charge in [-0.1, -0.05) is 0 Å². The molecule has 2 aromatic heterocycles. The van der Waals surface area contributed by atoms with Gasteiger partial charge in [-0.2, -0.15) is 0 Å². The van der Waals surface area contributed by atoms with Crippen molar-refractivity contribution in [1.82, 2.24) is 19.9 Å². The molecular weight excluding hydrogens is 248 g/mol. The first-order chi connectivity index (χ1) is 8.72. The van der Waals surface area contributed by atoms with Crippen LogP contribution in [0.4, 0.5) is 0 Å². The molecule has 6 heteroatoms. The van der Waals surface area contributed by atoms with Crippen molar-refractivity contribution in [3.8, 4) is 0 Å². The van der Waals surface area contributed by atoms with Crippen LogP contribution in [0, 0.1) is 6.92 Å². The average Bonchev–Trinajstić information content (AvgIpc) is 2.94. The van der Waals surface area contributed by atoms with E-state index >= 15 is 0 Å². The van der Waals surface area contributed by atoms with E-state index in [0.717, 1.165) is 22.9 Å². The third-order valence-corrected chi connectivity index (χ3v) is 3.72. The Balaban J connectivity index is 2.20. The first kappa shape index (κ1) is 13.2. The molecule has 2 rings (SSSR count). The fourth-order valence-electron chi connectivity index (χ4n) is 1.77. The second kappa shape index (κ2) is 6.08. The highest BCUT2D eigenvalue weighted by Crippen LogP contribution is 2.24. The van der Waals surface area contributed by atoms with E-state index in [-0.39, 0.29) is 6.04 Å². The van der Waals surface area contributed by atoms with Crippen LogP contribution >= 0.6 is 11.3 Å². The van der Waals surface area contributed by atoms with Gasteiger partial charge in [0.25, 0.3) is 0 Å². The molecule has 0 saturated carbocycles. The highest BCUT2D eigenvalue weighted by atomic mass is 32.1. The van der Waals surface area contributed by atoms with E-state index in [1.54, 1.807) is 24.8 Å². The number of nitrogens with one attached hydrogen (secondary N) is 1. The Hall–Kier alpha value is -1.24. The molecule has 0 bridgehead atoms. The van der Waals surface area contributed by atoms with Crippen molar-refractivity contribution in [2.24, 2.45) is 7.05 Å². The van der Waals surface area contributed by atoms with Crippen LogP contribution in [0.3, 0.4) is 0 Å². The molecule has 0 saturated heterocycles. The van der Waals surface area contributed by atoms with E-state index in [1.807, 2.05) is 24.7 Å². The monoisotopic (exact) mass is 266 g/mol. The topological polar surface area (TPSA) is 52.0 Å². The smallest absolute Gasteiger partial charge is 0.116 e. The van der Waals surface area contributed by atoms with Crippen LogP contribution in [0.1, 0.15) is 22.4 Å². The molecule has 1 N–H and O–H groups in total. The lowest BCUT2D eigenvalue weighted by Gasteiger charge is -2.16. The minimum absolute atomic E-state index is 0.0753. The quantitative estimate of drug-likeness (QED) is 0.805. The van der Waals surface area contributed by atoms with Gasteiger partial charge in [0, 0.05) is 31.8 Å². The van der Waals surface area contributed by atoms with Gasteiger partial charge in [0.15, 0.2) is 0 Å². The Kier molecular flexibility index (Phi) is 4.46. The summed E-state index contributed by atoms with van der Waals surface area (Å²) in [4.78, 5) is 8.73. The van der Waals surface area contributed by atoms with Crippen molar-refractivity contribution in [3.63, 3.8) is 0 Å². The number of methoxy groups -OCH3 is 1. The van der Waals surface area contributed by atoms with Crippen molar-refractivity contribution in [3.05, 3.63) is 34.3 Å². The molecule has 0 aromatic carbocycles. The zero-order chi connectivity index (χ0) is 13.0. The molecule has 1 unspecified atom stereocenters. The lowest BCUT2D eigenvalue weighted by molar-refractivity contribution is 0.197. The maximum absolute atomic E-state index is 5.08. The molecule has 98 valence electrons. The van der Waals surface area contributed by atoms with E-state index in [4.69, 9.17) is 4.74 Å². The van der Waals surface area contributed by atoms with Crippen LogP contribution in [0.2, 0.25) is 0 Å². The fraction of sp³-hybridized carbons (Fsp3) is 0.500. The van der Waals surface area contributed by atoms with Gasteiger partial charge in [-0.25, -0.2) is 9.97 Å². The lowest BCUT2D eigenvalue weighted by Crippen LogP contribution is -2.27. The standard InChI is InChI=1S/C12H18N4OS/c1-9-7-18-12(15-9)11(14-4-5-17-3)10-6-13-8-16(10)2/h6-8,11,14H,4-5H2,1-3H3. The van der Waals surface area contributed by atoms with E-state index in [2.05, 4.69) is 20.7 Å². The molecule has 0 fully saturated rings. The van der Waals surface area contributed by atoms with Gasteiger partial charge < -0.3 is 14.6 Å². The van der Waals surface area contributed by atoms with Crippen molar-refractivity contribution < 1.29 is 4.74 Å². The van der Waals surface area contributed by atoms with Crippen LogP contribution in [0.15, 0.2) is 17.9 Å². The van der Waals surface area contributed by atoms with E-state index in [9.17, 15) is 0 Å². The number of ether oxygens (including phenoxy) is 1. The largest absolute Gasteiger partial charge is 0.383 e. The third-order valence-electron chi connectivity index (χ3n) is 2.69. The SMILES string of the molecule is COCCNC(c1nc(C)cs1)c1cncn1C. The van der Waals surface area contributed by atoms with E-state index in [0.29, 0.717) is 6.61 Å². The maximum atomic E-state index is 5.08. The summed E-state index contributed by atoms with van der Waals surface area (Å²) in [7, 11) is 3.70. The highest BCUT2D eigenvalue weighted by Gasteiger charge is 2.19. The molecule has 1 atom stereocenters. The first-order valence-corrected chi connectivity index (χ1v) is 6.71. The molecule has 0 radical (unpaired) electrons. The Morgan fingerprint density at radius 2 is 2.39 bits per heavy atom. The summed E-state index contributed by atoms with van der Waals surface area (Å²) in [5.74, 6) is 0. The molecule has 5 nitrogen and oxygen atoms in total. The molecule has 2 heterocycles. The number of hydrogen-bond donors (Lipinski definition) is 1. The van der Waals surface area contributed by atoms with Gasteiger partial charge in [0.05, 0.1) is 24.8 Å². The van der Waals surface area contributed by atoms with Crippen LogP contribution in [-0.2, 0) is 11.8 Å². The number of aromatic nitrogens is 3. The van der Waals surface area contributed by atoms with E-state index < -0.39 is 0 Å². The van der Waals surface area contributed by atoms with Crippen molar-refractivity contribution in [1.29, 1.82) is 0 Å². The summed E-state index contributed by atoms with van der Waals surface area (Å²) in [5, 5.41) is 6.58. The van der Waals surface area contributed by atoms with Gasteiger partial charge in [-0.3, -0.25) is 0 Å². The number of imidazole rings is 1. The Morgan fingerprint density at radius 1 is 1.56 bits per heavy atom. The average molecular weight is 266 g/mol. The van der Waals surface area contributed by atoms with Crippen molar-refractivity contribution >= 4 is 11.3 Å². The summed E-state index contributed by atoms with van der Waals surface area (Å²) in [6.07, 6.45) is 3.68. The summed E-state index contributed by atoms with van der Waals surface area (Å²) in [6.45, 7) is 3.47. The summed E-state index contributed by atoms with van der Waals surface area (Å²) >= 11 is 1.67. The van der Waals surface area contributed by atoms with Gasteiger partial charge in [0.1, 0.15) is 11.0 Å². The number of nitrogens with zero attached hydrogens (tertiary/aromatic N) is 3. The van der Waals surface area contributed by atoms with Gasteiger partial charge in [-0.05, 0) is 6.92 Å². The molecule has 0 aliphatic carbocycles. The maximum Gasteiger partial charge on any atom is 0.116 e. The van der Waals surface area contributed by atoms with Crippen molar-refractivity contribution in [2.45, 2.75) is 13.0 Å². The molecule has 18 heavy (non-hydrogen) atoms. The third kappa shape index (κ3) is 2.95. The second-order valence-electron chi connectivity index (χ2n) is 4.14. The fourth-order valence-corrected chi connectivity index (χ4v) is 2.65. The number of hydrogen-bond acceptors (Lipinski definition) is 5. The Morgan fingerprint density at radius 3 is 2.94 bits per heavy atom. The van der Waals surface area contributed by atoms with Crippen LogP contribution in [0.25, 0.3) is 0 Å². The van der Waals surface area contributed by atoms with Gasteiger partial charge >= 0.3 is 0 Å². The zero-order valence-electron chi connectivity index (χ0n) is 10.9. The Labute approximate surface area is 111 Å². The van der Waals surface area contributed by atoms with Gasteiger partial charge in [0.2, 0.25) is 0 Å². The van der Waals surface area contributed by atoms with Crippen LogP contribution in [-0.4, -0.2) is 34.8 Å². The molecular formula is C12H18N4OS. The molecule has 2 aromatic rings. The Bertz CT molecular complexity index is 494.